The van der Waals surface area contributed by atoms with Crippen LogP contribution >= 0.6 is 0 Å². The van der Waals surface area contributed by atoms with Crippen molar-refractivity contribution in [1.29, 1.82) is 0 Å². The number of benzene rings is 1. The number of amides is 1. The SMILES string of the molecule is COc1cc(CC(C)NC=O)cc(OC)c1. The summed E-state index contributed by atoms with van der Waals surface area (Å²) in [6.07, 6.45) is 1.45. The van der Waals surface area contributed by atoms with Gasteiger partial charge < -0.3 is 14.8 Å². The van der Waals surface area contributed by atoms with Gasteiger partial charge in [0.25, 0.3) is 0 Å². The number of hydrogen-bond donors (Lipinski definition) is 1. The molecule has 0 spiro atoms. The molecule has 0 aromatic heterocycles. The van der Waals surface area contributed by atoms with Crippen LogP contribution in [0.3, 0.4) is 0 Å². The smallest absolute Gasteiger partial charge is 0.207 e. The third-order valence-electron chi connectivity index (χ3n) is 2.31. The van der Waals surface area contributed by atoms with E-state index in [0.29, 0.717) is 6.41 Å². The average molecular weight is 223 g/mol. The van der Waals surface area contributed by atoms with E-state index in [1.54, 1.807) is 14.2 Å². The van der Waals surface area contributed by atoms with E-state index in [2.05, 4.69) is 5.32 Å². The van der Waals surface area contributed by atoms with Gasteiger partial charge in [-0.3, -0.25) is 4.79 Å². The summed E-state index contributed by atoms with van der Waals surface area (Å²) in [6.45, 7) is 1.94. The maximum atomic E-state index is 10.3. The van der Waals surface area contributed by atoms with Crippen molar-refractivity contribution in [3.63, 3.8) is 0 Å². The van der Waals surface area contributed by atoms with Crippen molar-refractivity contribution in [3.8, 4) is 11.5 Å². The van der Waals surface area contributed by atoms with Gasteiger partial charge in [-0.2, -0.15) is 0 Å². The molecule has 0 radical (unpaired) electrons. The van der Waals surface area contributed by atoms with Crippen LogP contribution in [-0.4, -0.2) is 26.7 Å². The van der Waals surface area contributed by atoms with Crippen molar-refractivity contribution in [1.82, 2.24) is 5.32 Å². The Balaban J connectivity index is 2.81. The zero-order valence-electron chi connectivity index (χ0n) is 9.82. The van der Waals surface area contributed by atoms with Crippen LogP contribution in [0.2, 0.25) is 0 Å². The molecule has 16 heavy (non-hydrogen) atoms. The molecule has 0 saturated carbocycles. The van der Waals surface area contributed by atoms with E-state index in [1.165, 1.54) is 0 Å². The Morgan fingerprint density at radius 2 is 1.81 bits per heavy atom. The number of methoxy groups -OCH3 is 2. The first-order valence-electron chi connectivity index (χ1n) is 5.11. The number of carbonyl (C=O) groups is 1. The lowest BCUT2D eigenvalue weighted by Crippen LogP contribution is -2.26. The number of nitrogens with one attached hydrogen (secondary N) is 1. The van der Waals surface area contributed by atoms with Gasteiger partial charge in [0.1, 0.15) is 11.5 Å². The van der Waals surface area contributed by atoms with Gasteiger partial charge in [-0.25, -0.2) is 0 Å². The standard InChI is InChI=1S/C12H17NO3/c1-9(13-8-14)4-10-5-11(15-2)7-12(6-10)16-3/h5-9H,4H2,1-3H3,(H,13,14). The highest BCUT2D eigenvalue weighted by atomic mass is 16.5. The van der Waals surface area contributed by atoms with E-state index in [4.69, 9.17) is 9.47 Å². The van der Waals surface area contributed by atoms with Crippen LogP contribution in [0.1, 0.15) is 12.5 Å². The molecular weight excluding hydrogens is 206 g/mol. The average Bonchev–Trinajstić information content (AvgIpc) is 2.28. The molecule has 1 rings (SSSR count). The molecular formula is C12H17NO3. The maximum Gasteiger partial charge on any atom is 0.207 e. The Morgan fingerprint density at radius 3 is 2.25 bits per heavy atom. The number of hydrogen-bond acceptors (Lipinski definition) is 3. The molecule has 1 amide bonds. The molecule has 1 N–H and O–H groups in total. The van der Waals surface area contributed by atoms with Gasteiger partial charge in [0.05, 0.1) is 14.2 Å². The first-order valence-corrected chi connectivity index (χ1v) is 5.11. The molecule has 0 bridgehead atoms. The molecule has 0 aliphatic heterocycles. The largest absolute Gasteiger partial charge is 0.497 e. The van der Waals surface area contributed by atoms with E-state index >= 15 is 0 Å². The molecule has 1 unspecified atom stereocenters. The predicted molar refractivity (Wildman–Crippen MR) is 61.9 cm³/mol. The zero-order valence-corrected chi connectivity index (χ0v) is 9.82. The highest BCUT2D eigenvalue weighted by Gasteiger charge is 2.05. The van der Waals surface area contributed by atoms with E-state index in [-0.39, 0.29) is 6.04 Å². The van der Waals surface area contributed by atoms with Crippen molar-refractivity contribution in [2.24, 2.45) is 0 Å². The molecule has 0 aliphatic rings. The summed E-state index contributed by atoms with van der Waals surface area (Å²) in [6, 6.07) is 5.78. The fraction of sp³-hybridized carbons (Fsp3) is 0.417. The van der Waals surface area contributed by atoms with Crippen LogP contribution in [-0.2, 0) is 11.2 Å². The monoisotopic (exact) mass is 223 g/mol. The fourth-order valence-corrected chi connectivity index (χ4v) is 1.51. The van der Waals surface area contributed by atoms with Gasteiger partial charge in [0.15, 0.2) is 0 Å². The summed E-state index contributed by atoms with van der Waals surface area (Å²) in [5.74, 6) is 1.51. The van der Waals surface area contributed by atoms with E-state index in [9.17, 15) is 4.79 Å². The van der Waals surface area contributed by atoms with Gasteiger partial charge in [-0.1, -0.05) is 0 Å². The van der Waals surface area contributed by atoms with Crippen LogP contribution in [0, 0.1) is 0 Å². The molecule has 0 fully saturated rings. The molecule has 4 heteroatoms. The molecule has 0 aliphatic carbocycles. The van der Waals surface area contributed by atoms with Gasteiger partial charge in [-0.05, 0) is 31.0 Å². The second-order valence-corrected chi connectivity index (χ2v) is 3.61. The highest BCUT2D eigenvalue weighted by Crippen LogP contribution is 2.23. The predicted octanol–water partition coefficient (Wildman–Crippen LogP) is 1.38. The number of ether oxygens (including phenoxy) is 2. The van der Waals surface area contributed by atoms with Gasteiger partial charge in [0.2, 0.25) is 6.41 Å². The zero-order chi connectivity index (χ0) is 12.0. The minimum Gasteiger partial charge on any atom is -0.497 e. The van der Waals surface area contributed by atoms with E-state index < -0.39 is 0 Å². The first kappa shape index (κ1) is 12.4. The molecule has 0 saturated heterocycles. The molecule has 1 aromatic carbocycles. The Labute approximate surface area is 95.6 Å². The third-order valence-corrected chi connectivity index (χ3v) is 2.31. The summed E-state index contributed by atoms with van der Waals surface area (Å²) in [7, 11) is 3.23. The van der Waals surface area contributed by atoms with Crippen LogP contribution in [0.25, 0.3) is 0 Å². The summed E-state index contributed by atoms with van der Waals surface area (Å²) in [5, 5.41) is 2.71. The topological polar surface area (TPSA) is 47.6 Å². The lowest BCUT2D eigenvalue weighted by Gasteiger charge is -2.12. The second kappa shape index (κ2) is 6.00. The Hall–Kier alpha value is -1.71. The third kappa shape index (κ3) is 3.46. The fourth-order valence-electron chi connectivity index (χ4n) is 1.51. The lowest BCUT2D eigenvalue weighted by atomic mass is 10.1. The van der Waals surface area contributed by atoms with Crippen molar-refractivity contribution in [2.75, 3.05) is 14.2 Å². The molecule has 1 atom stereocenters. The van der Waals surface area contributed by atoms with Crippen molar-refractivity contribution < 1.29 is 14.3 Å². The highest BCUT2D eigenvalue weighted by molar-refractivity contribution is 5.47. The van der Waals surface area contributed by atoms with Crippen molar-refractivity contribution in [2.45, 2.75) is 19.4 Å². The second-order valence-electron chi connectivity index (χ2n) is 3.61. The lowest BCUT2D eigenvalue weighted by molar-refractivity contribution is -0.110. The van der Waals surface area contributed by atoms with Crippen LogP contribution in [0.15, 0.2) is 18.2 Å². The normalized spacial score (nSPS) is 11.7. The van der Waals surface area contributed by atoms with E-state index in [0.717, 1.165) is 23.5 Å². The minimum absolute atomic E-state index is 0.0920. The van der Waals surface area contributed by atoms with Gasteiger partial charge in [-0.15, -0.1) is 0 Å². The quantitative estimate of drug-likeness (QED) is 0.741. The maximum absolute atomic E-state index is 10.3. The van der Waals surface area contributed by atoms with Crippen LogP contribution < -0.4 is 14.8 Å². The molecule has 88 valence electrons. The van der Waals surface area contributed by atoms with Gasteiger partial charge in [0, 0.05) is 12.1 Å². The summed E-state index contributed by atoms with van der Waals surface area (Å²) < 4.78 is 10.3. The molecule has 0 heterocycles. The Kier molecular flexibility index (Phi) is 4.64. The molecule has 4 nitrogen and oxygen atoms in total. The van der Waals surface area contributed by atoms with Crippen LogP contribution in [0.4, 0.5) is 0 Å². The number of rotatable bonds is 6. The minimum atomic E-state index is 0.0920. The van der Waals surface area contributed by atoms with Gasteiger partial charge >= 0.3 is 0 Å². The number of carbonyl (C=O) groups excluding carboxylic acids is 1. The van der Waals surface area contributed by atoms with Crippen molar-refractivity contribution >= 4 is 6.41 Å². The first-order chi connectivity index (χ1) is 7.69. The Morgan fingerprint density at radius 1 is 1.25 bits per heavy atom. The molecule has 1 aromatic rings. The van der Waals surface area contributed by atoms with Crippen molar-refractivity contribution in [3.05, 3.63) is 23.8 Å². The van der Waals surface area contributed by atoms with E-state index in [1.807, 2.05) is 25.1 Å². The summed E-state index contributed by atoms with van der Waals surface area (Å²) >= 11 is 0. The van der Waals surface area contributed by atoms with Crippen LogP contribution in [0.5, 0.6) is 11.5 Å². The summed E-state index contributed by atoms with van der Waals surface area (Å²) in [5.41, 5.74) is 1.07. The summed E-state index contributed by atoms with van der Waals surface area (Å²) in [4.78, 5) is 10.3. The Bertz CT molecular complexity index is 330.